The number of carbonyl (C=O) groups is 3. The number of aliphatic carboxylic acids is 1. The van der Waals surface area contributed by atoms with Crippen LogP contribution in [0.2, 0.25) is 0 Å². The number of ether oxygens (including phenoxy) is 2. The lowest BCUT2D eigenvalue weighted by Crippen LogP contribution is -2.31. The number of amides is 1. The third-order valence-corrected chi connectivity index (χ3v) is 9.69. The summed E-state index contributed by atoms with van der Waals surface area (Å²) < 4.78 is 13.0. The molecule has 1 fully saturated rings. The zero-order valence-electron chi connectivity index (χ0n) is 27.7. The van der Waals surface area contributed by atoms with Gasteiger partial charge in [-0.3, -0.25) is 9.59 Å². The molecule has 1 aromatic heterocycles. The van der Waals surface area contributed by atoms with E-state index >= 15 is 0 Å². The second-order valence-corrected chi connectivity index (χ2v) is 13.2. The lowest BCUT2D eigenvalue weighted by Gasteiger charge is -2.36. The number of carboxylic acids is 2. The summed E-state index contributed by atoms with van der Waals surface area (Å²) in [5, 5.41) is 31.4. The number of pyridine rings is 1. The van der Waals surface area contributed by atoms with Gasteiger partial charge in [-0.25, -0.2) is 9.78 Å². The molecule has 50 heavy (non-hydrogen) atoms. The van der Waals surface area contributed by atoms with Crippen LogP contribution in [0, 0.1) is 0 Å². The predicted molar refractivity (Wildman–Crippen MR) is 189 cm³/mol. The molecular formula is C39H42N2O8S. The quantitative estimate of drug-likeness (QED) is 0.0651. The minimum atomic E-state index is -1.03. The SMILES string of the molecule is O=C(O)CCCCCCC(=O)NCc1ccccc1-c1ccc([C@@H]2O[C@H](CSc3ncccc3C(=O)O)C[C@H](c3ccc(CO)cc3)O2)cc1. The van der Waals surface area contributed by atoms with Crippen LogP contribution in [-0.2, 0) is 32.2 Å². The smallest absolute Gasteiger partial charge is 0.338 e. The van der Waals surface area contributed by atoms with Gasteiger partial charge in [0.2, 0.25) is 5.91 Å². The number of benzene rings is 3. The zero-order chi connectivity index (χ0) is 35.3. The monoisotopic (exact) mass is 698 g/mol. The number of aliphatic hydroxyl groups excluding tert-OH is 1. The summed E-state index contributed by atoms with van der Waals surface area (Å²) in [6.45, 7) is 0.340. The molecule has 0 aliphatic carbocycles. The van der Waals surface area contributed by atoms with Crippen LogP contribution in [0.4, 0.5) is 0 Å². The molecule has 2 heterocycles. The van der Waals surface area contributed by atoms with E-state index in [1.54, 1.807) is 18.3 Å². The van der Waals surface area contributed by atoms with Crippen LogP contribution >= 0.6 is 11.8 Å². The molecule has 0 radical (unpaired) electrons. The highest BCUT2D eigenvalue weighted by Gasteiger charge is 2.32. The van der Waals surface area contributed by atoms with Crippen molar-refractivity contribution in [3.8, 4) is 11.1 Å². The molecule has 1 aliphatic rings. The number of aromatic carboxylic acids is 1. The summed E-state index contributed by atoms with van der Waals surface area (Å²) in [5.74, 6) is -1.37. The Hall–Kier alpha value is -4.55. The van der Waals surface area contributed by atoms with E-state index in [1.807, 2.05) is 72.8 Å². The molecule has 0 unspecified atom stereocenters. The van der Waals surface area contributed by atoms with Crippen molar-refractivity contribution in [3.63, 3.8) is 0 Å². The van der Waals surface area contributed by atoms with E-state index in [-0.39, 0.29) is 36.7 Å². The van der Waals surface area contributed by atoms with Gasteiger partial charge in [-0.2, -0.15) is 0 Å². The average Bonchev–Trinajstić information content (AvgIpc) is 3.14. The molecule has 1 amide bonds. The van der Waals surface area contributed by atoms with Gasteiger partial charge in [0.15, 0.2) is 6.29 Å². The fourth-order valence-electron chi connectivity index (χ4n) is 5.84. The van der Waals surface area contributed by atoms with Crippen LogP contribution in [0.1, 0.15) is 90.0 Å². The maximum absolute atomic E-state index is 12.5. The van der Waals surface area contributed by atoms with Crippen LogP contribution < -0.4 is 5.32 Å². The Morgan fingerprint density at radius 3 is 2.26 bits per heavy atom. The molecule has 262 valence electrons. The van der Waals surface area contributed by atoms with Crippen LogP contribution in [0.3, 0.4) is 0 Å². The maximum atomic E-state index is 12.5. The second-order valence-electron chi connectivity index (χ2n) is 12.2. The number of carbonyl (C=O) groups excluding carboxylic acids is 1. The summed E-state index contributed by atoms with van der Waals surface area (Å²) in [6, 6.07) is 26.7. The number of aromatic nitrogens is 1. The number of carboxylic acid groups (broad SMARTS) is 2. The number of nitrogens with zero attached hydrogens (tertiary/aromatic N) is 1. The highest BCUT2D eigenvalue weighted by molar-refractivity contribution is 7.99. The zero-order valence-corrected chi connectivity index (χ0v) is 28.5. The van der Waals surface area contributed by atoms with Crippen LogP contribution in [-0.4, -0.2) is 50.0 Å². The molecule has 1 saturated heterocycles. The molecule has 3 atom stereocenters. The third-order valence-electron chi connectivity index (χ3n) is 8.55. The molecule has 1 aliphatic heterocycles. The van der Waals surface area contributed by atoms with Crippen molar-refractivity contribution in [2.75, 3.05) is 5.75 Å². The first kappa shape index (κ1) is 36.7. The third kappa shape index (κ3) is 10.5. The van der Waals surface area contributed by atoms with E-state index in [0.717, 1.165) is 52.6 Å². The Morgan fingerprint density at radius 1 is 0.820 bits per heavy atom. The lowest BCUT2D eigenvalue weighted by molar-refractivity contribution is -0.245. The first-order valence-electron chi connectivity index (χ1n) is 16.8. The summed E-state index contributed by atoms with van der Waals surface area (Å²) in [4.78, 5) is 39.2. The van der Waals surface area contributed by atoms with Crippen LogP contribution in [0.25, 0.3) is 11.1 Å². The largest absolute Gasteiger partial charge is 0.481 e. The number of unbranched alkanes of at least 4 members (excludes halogenated alkanes) is 3. The average molecular weight is 699 g/mol. The van der Waals surface area contributed by atoms with Crippen molar-refractivity contribution in [2.45, 2.75) is 81.6 Å². The Kier molecular flexibility index (Phi) is 13.5. The standard InChI is InChI=1S/C39H42N2O8S/c42-24-26-13-15-28(16-14-26)34-22-31(25-50-37-33(38(46)47)10-7-21-40-37)48-39(49-34)29-19-17-27(18-20-29)32-9-6-5-8-30(32)23-41-35(43)11-3-1-2-4-12-36(44)45/h5-10,13-21,31,34,39,42H,1-4,11-12,22-25H2,(H,41,43)(H,44,45)(H,46,47)/t31-,34+,39+/m0/s1. The van der Waals surface area contributed by atoms with Gasteiger partial charge in [0.25, 0.3) is 0 Å². The van der Waals surface area contributed by atoms with Gasteiger partial charge in [-0.1, -0.05) is 85.6 Å². The number of rotatable bonds is 17. The number of hydrogen-bond donors (Lipinski definition) is 4. The number of hydrogen-bond acceptors (Lipinski definition) is 8. The highest BCUT2D eigenvalue weighted by atomic mass is 32.2. The van der Waals surface area contributed by atoms with Crippen molar-refractivity contribution in [3.05, 3.63) is 119 Å². The minimum absolute atomic E-state index is 0.0320. The summed E-state index contributed by atoms with van der Waals surface area (Å²) in [6.07, 6.45) is 4.44. The van der Waals surface area contributed by atoms with E-state index in [4.69, 9.17) is 14.6 Å². The first-order valence-corrected chi connectivity index (χ1v) is 17.8. The van der Waals surface area contributed by atoms with Crippen molar-refractivity contribution in [1.29, 1.82) is 0 Å². The normalized spacial score (nSPS) is 17.3. The second kappa shape index (κ2) is 18.4. The number of thioether (sulfide) groups is 1. The fourth-order valence-corrected chi connectivity index (χ4v) is 6.84. The number of aliphatic hydroxyl groups is 1. The lowest BCUT2D eigenvalue weighted by atomic mass is 9.97. The Bertz CT molecular complexity index is 1730. The molecule has 0 bridgehead atoms. The summed E-state index contributed by atoms with van der Waals surface area (Å²) in [7, 11) is 0. The molecule has 4 N–H and O–H groups in total. The van der Waals surface area contributed by atoms with E-state index in [0.29, 0.717) is 36.6 Å². The van der Waals surface area contributed by atoms with Crippen molar-refractivity contribution >= 4 is 29.6 Å². The maximum Gasteiger partial charge on any atom is 0.338 e. The van der Waals surface area contributed by atoms with E-state index < -0.39 is 18.2 Å². The van der Waals surface area contributed by atoms with Gasteiger partial charge in [0.1, 0.15) is 5.03 Å². The van der Waals surface area contributed by atoms with Gasteiger partial charge in [-0.15, -0.1) is 11.8 Å². The summed E-state index contributed by atoms with van der Waals surface area (Å²) in [5.41, 5.74) is 5.71. The van der Waals surface area contributed by atoms with Gasteiger partial charge in [0, 0.05) is 43.3 Å². The van der Waals surface area contributed by atoms with Gasteiger partial charge in [0.05, 0.1) is 24.4 Å². The van der Waals surface area contributed by atoms with Gasteiger partial charge >= 0.3 is 11.9 Å². The molecule has 0 saturated carbocycles. The molecule has 4 aromatic rings. The van der Waals surface area contributed by atoms with E-state index in [2.05, 4.69) is 10.3 Å². The molecular weight excluding hydrogens is 657 g/mol. The van der Waals surface area contributed by atoms with E-state index in [9.17, 15) is 24.6 Å². The van der Waals surface area contributed by atoms with Crippen LogP contribution in [0.5, 0.6) is 0 Å². The van der Waals surface area contributed by atoms with Gasteiger partial charge in [-0.05, 0) is 52.8 Å². The van der Waals surface area contributed by atoms with Gasteiger partial charge < -0.3 is 30.1 Å². The Morgan fingerprint density at radius 2 is 1.54 bits per heavy atom. The Labute approximate surface area is 295 Å². The molecule has 5 rings (SSSR count). The van der Waals surface area contributed by atoms with Crippen molar-refractivity contribution in [2.24, 2.45) is 0 Å². The topological polar surface area (TPSA) is 155 Å². The van der Waals surface area contributed by atoms with Crippen LogP contribution in [0.15, 0.2) is 96.2 Å². The molecule has 3 aromatic carbocycles. The molecule has 0 spiro atoms. The van der Waals surface area contributed by atoms with Crippen molar-refractivity contribution < 1.29 is 39.2 Å². The summed E-state index contributed by atoms with van der Waals surface area (Å²) >= 11 is 1.34. The Balaban J connectivity index is 1.25. The molecule has 10 nitrogen and oxygen atoms in total. The van der Waals surface area contributed by atoms with Crippen molar-refractivity contribution in [1.82, 2.24) is 10.3 Å². The number of nitrogens with one attached hydrogen (secondary N) is 1. The highest BCUT2D eigenvalue weighted by Crippen LogP contribution is 2.40. The fraction of sp³-hybridized carbons (Fsp3) is 0.333. The minimum Gasteiger partial charge on any atom is -0.481 e. The van der Waals surface area contributed by atoms with E-state index in [1.165, 1.54) is 11.8 Å². The predicted octanol–water partition coefficient (Wildman–Crippen LogP) is 7.32. The first-order chi connectivity index (χ1) is 24.3. The molecule has 11 heteroatoms.